The summed E-state index contributed by atoms with van der Waals surface area (Å²) in [7, 11) is 0. The van der Waals surface area contributed by atoms with E-state index in [9.17, 15) is 14.4 Å². The maximum absolute atomic E-state index is 12.7. The van der Waals surface area contributed by atoms with Crippen LogP contribution < -0.4 is 5.32 Å². The molecule has 0 saturated carbocycles. The number of halogens is 1. The standard InChI is InChI=1S/C23H18ClN3O3S/c1-15-10-16(13-26(15)19-8-3-2-4-9-19)11-20-22(29)27(23(30)31-20)14-21(28)25-18-7-5-6-17(24)12-18/h2-13H,14H2,1H3,(H,25,28)/b20-11+. The lowest BCUT2D eigenvalue weighted by atomic mass is 10.2. The van der Waals surface area contributed by atoms with E-state index in [1.165, 1.54) is 0 Å². The van der Waals surface area contributed by atoms with E-state index in [1.54, 1.807) is 30.3 Å². The number of imide groups is 1. The van der Waals surface area contributed by atoms with Crippen LogP contribution in [0.25, 0.3) is 11.8 Å². The highest BCUT2D eigenvalue weighted by Gasteiger charge is 2.36. The lowest BCUT2D eigenvalue weighted by Gasteiger charge is -2.12. The van der Waals surface area contributed by atoms with Crippen LogP contribution in [0.1, 0.15) is 11.3 Å². The number of benzene rings is 2. The van der Waals surface area contributed by atoms with Crippen LogP contribution in [0.3, 0.4) is 0 Å². The molecular formula is C23H18ClN3O3S. The molecular weight excluding hydrogens is 434 g/mol. The minimum Gasteiger partial charge on any atom is -0.324 e. The van der Waals surface area contributed by atoms with Crippen LogP contribution in [-0.2, 0) is 9.59 Å². The molecule has 1 aliphatic heterocycles. The first-order valence-electron chi connectivity index (χ1n) is 9.46. The highest BCUT2D eigenvalue weighted by Crippen LogP contribution is 2.32. The van der Waals surface area contributed by atoms with Crippen molar-refractivity contribution in [3.63, 3.8) is 0 Å². The smallest absolute Gasteiger partial charge is 0.294 e. The fourth-order valence-corrected chi connectivity index (χ4v) is 4.27. The van der Waals surface area contributed by atoms with Crippen LogP contribution in [0.4, 0.5) is 10.5 Å². The Hall–Kier alpha value is -3.29. The Morgan fingerprint density at radius 2 is 1.87 bits per heavy atom. The van der Waals surface area contributed by atoms with Gasteiger partial charge in [-0.25, -0.2) is 0 Å². The second-order valence-electron chi connectivity index (χ2n) is 6.95. The first kappa shape index (κ1) is 21.0. The molecule has 3 amide bonds. The van der Waals surface area contributed by atoms with E-state index in [0.29, 0.717) is 10.7 Å². The number of carbonyl (C=O) groups excluding carboxylic acids is 3. The zero-order valence-corrected chi connectivity index (χ0v) is 18.1. The third kappa shape index (κ3) is 4.73. The van der Waals surface area contributed by atoms with Crippen molar-refractivity contribution in [2.24, 2.45) is 0 Å². The van der Waals surface area contributed by atoms with E-state index in [2.05, 4.69) is 5.32 Å². The molecule has 1 aromatic heterocycles. The van der Waals surface area contributed by atoms with Crippen LogP contribution in [0, 0.1) is 6.92 Å². The van der Waals surface area contributed by atoms with Crippen molar-refractivity contribution < 1.29 is 14.4 Å². The molecule has 1 saturated heterocycles. The molecule has 0 radical (unpaired) electrons. The van der Waals surface area contributed by atoms with E-state index < -0.39 is 17.1 Å². The fourth-order valence-electron chi connectivity index (χ4n) is 3.24. The minimum absolute atomic E-state index is 0.283. The molecule has 0 bridgehead atoms. The van der Waals surface area contributed by atoms with Crippen molar-refractivity contribution in [2.45, 2.75) is 6.92 Å². The van der Waals surface area contributed by atoms with Gasteiger partial charge in [0.25, 0.3) is 11.1 Å². The van der Waals surface area contributed by atoms with E-state index in [-0.39, 0.29) is 11.4 Å². The first-order valence-corrected chi connectivity index (χ1v) is 10.7. The Bertz CT molecular complexity index is 1200. The number of anilines is 1. The van der Waals surface area contributed by atoms with Gasteiger partial charge in [0.2, 0.25) is 5.91 Å². The summed E-state index contributed by atoms with van der Waals surface area (Å²) in [6.07, 6.45) is 3.58. The lowest BCUT2D eigenvalue weighted by molar-refractivity contribution is -0.127. The molecule has 2 aromatic carbocycles. The van der Waals surface area contributed by atoms with Gasteiger partial charge in [0.05, 0.1) is 4.91 Å². The monoisotopic (exact) mass is 451 g/mol. The van der Waals surface area contributed by atoms with Crippen molar-refractivity contribution in [3.8, 4) is 5.69 Å². The SMILES string of the molecule is Cc1cc(/C=C2/SC(=O)N(CC(=O)Nc3cccc(Cl)c3)C2=O)cn1-c1ccccc1. The molecule has 1 aliphatic rings. The number of thioether (sulfide) groups is 1. The molecule has 156 valence electrons. The second kappa shape index (κ2) is 8.83. The maximum Gasteiger partial charge on any atom is 0.294 e. The molecule has 2 heterocycles. The lowest BCUT2D eigenvalue weighted by Crippen LogP contribution is -2.36. The summed E-state index contributed by atoms with van der Waals surface area (Å²) in [5.74, 6) is -0.960. The number of hydrogen-bond donors (Lipinski definition) is 1. The summed E-state index contributed by atoms with van der Waals surface area (Å²) in [5, 5.41) is 2.64. The van der Waals surface area contributed by atoms with Gasteiger partial charge in [0.15, 0.2) is 0 Å². The molecule has 1 fully saturated rings. The van der Waals surface area contributed by atoms with Gasteiger partial charge in [0.1, 0.15) is 6.54 Å². The molecule has 0 unspecified atom stereocenters. The van der Waals surface area contributed by atoms with E-state index in [1.807, 2.05) is 54.1 Å². The Labute approximate surface area is 188 Å². The van der Waals surface area contributed by atoms with Crippen molar-refractivity contribution in [3.05, 3.63) is 88.0 Å². The largest absolute Gasteiger partial charge is 0.324 e. The Kier molecular flexibility index (Phi) is 5.97. The zero-order valence-electron chi connectivity index (χ0n) is 16.5. The number of aryl methyl sites for hydroxylation is 1. The third-order valence-corrected chi connectivity index (χ3v) is 5.79. The second-order valence-corrected chi connectivity index (χ2v) is 8.38. The normalized spacial score (nSPS) is 15.0. The highest BCUT2D eigenvalue weighted by molar-refractivity contribution is 8.18. The molecule has 3 aromatic rings. The third-order valence-electron chi connectivity index (χ3n) is 4.65. The van der Waals surface area contributed by atoms with Gasteiger partial charge >= 0.3 is 0 Å². The average molecular weight is 452 g/mol. The summed E-state index contributed by atoms with van der Waals surface area (Å²) in [6, 6.07) is 18.4. The first-order chi connectivity index (χ1) is 14.9. The fraction of sp³-hybridized carbons (Fsp3) is 0.0870. The van der Waals surface area contributed by atoms with Gasteiger partial charge in [-0.1, -0.05) is 35.9 Å². The van der Waals surface area contributed by atoms with Crippen LogP contribution >= 0.6 is 23.4 Å². The van der Waals surface area contributed by atoms with Gasteiger partial charge in [-0.2, -0.15) is 0 Å². The molecule has 6 nitrogen and oxygen atoms in total. The Balaban J connectivity index is 1.48. The molecule has 8 heteroatoms. The van der Waals surface area contributed by atoms with E-state index in [0.717, 1.165) is 33.6 Å². The van der Waals surface area contributed by atoms with Crippen molar-refractivity contribution in [1.29, 1.82) is 0 Å². The number of carbonyl (C=O) groups is 3. The average Bonchev–Trinajstić information content (AvgIpc) is 3.23. The molecule has 0 spiro atoms. The van der Waals surface area contributed by atoms with Crippen molar-refractivity contribution >= 4 is 52.2 Å². The summed E-state index contributed by atoms with van der Waals surface area (Å²) in [4.78, 5) is 38.6. The van der Waals surface area contributed by atoms with Gasteiger partial charge in [-0.3, -0.25) is 19.3 Å². The van der Waals surface area contributed by atoms with Gasteiger partial charge in [-0.05, 0) is 66.7 Å². The predicted molar refractivity (Wildman–Crippen MR) is 123 cm³/mol. The Morgan fingerprint density at radius 1 is 1.10 bits per heavy atom. The van der Waals surface area contributed by atoms with Crippen molar-refractivity contribution in [1.82, 2.24) is 9.47 Å². The van der Waals surface area contributed by atoms with Gasteiger partial charge < -0.3 is 9.88 Å². The maximum atomic E-state index is 12.7. The summed E-state index contributed by atoms with van der Waals surface area (Å²) in [5.41, 5.74) is 3.30. The van der Waals surface area contributed by atoms with E-state index >= 15 is 0 Å². The predicted octanol–water partition coefficient (Wildman–Crippen LogP) is 5.11. The van der Waals surface area contributed by atoms with Crippen LogP contribution in [0.5, 0.6) is 0 Å². The number of amides is 3. The minimum atomic E-state index is -0.485. The molecule has 31 heavy (non-hydrogen) atoms. The van der Waals surface area contributed by atoms with Crippen molar-refractivity contribution in [2.75, 3.05) is 11.9 Å². The quantitative estimate of drug-likeness (QED) is 0.547. The summed E-state index contributed by atoms with van der Waals surface area (Å²) >= 11 is 6.74. The molecule has 4 rings (SSSR count). The number of hydrogen-bond acceptors (Lipinski definition) is 4. The summed E-state index contributed by atoms with van der Waals surface area (Å²) in [6.45, 7) is 1.61. The Morgan fingerprint density at radius 3 is 2.61 bits per heavy atom. The van der Waals surface area contributed by atoms with Crippen LogP contribution in [-0.4, -0.2) is 33.1 Å². The van der Waals surface area contributed by atoms with Crippen LogP contribution in [0.2, 0.25) is 5.02 Å². The number of para-hydroxylation sites is 1. The van der Waals surface area contributed by atoms with Crippen LogP contribution in [0.15, 0.2) is 71.8 Å². The number of rotatable bonds is 5. The number of nitrogens with zero attached hydrogens (tertiary/aromatic N) is 2. The molecule has 0 aliphatic carbocycles. The topological polar surface area (TPSA) is 71.4 Å². The molecule has 1 N–H and O–H groups in total. The highest BCUT2D eigenvalue weighted by atomic mass is 35.5. The summed E-state index contributed by atoms with van der Waals surface area (Å²) < 4.78 is 2.01. The number of aromatic nitrogens is 1. The van der Waals surface area contributed by atoms with Gasteiger partial charge in [0, 0.05) is 28.3 Å². The number of nitrogens with one attached hydrogen (secondary N) is 1. The van der Waals surface area contributed by atoms with Gasteiger partial charge in [-0.15, -0.1) is 0 Å². The molecule has 0 atom stereocenters. The van der Waals surface area contributed by atoms with E-state index in [4.69, 9.17) is 11.6 Å². The zero-order chi connectivity index (χ0) is 22.0.